The van der Waals surface area contributed by atoms with Crippen LogP contribution in [0.4, 0.5) is 9.59 Å². The number of imide groups is 1. The van der Waals surface area contributed by atoms with Gasteiger partial charge in [0.25, 0.3) is 0 Å². The van der Waals surface area contributed by atoms with Crippen molar-refractivity contribution in [2.45, 2.75) is 52.1 Å². The Balaban J connectivity index is 1.87. The third-order valence-electron chi connectivity index (χ3n) is 4.71. The molecule has 0 N–H and O–H groups in total. The molecule has 0 saturated carbocycles. The molecule has 2 aliphatic rings. The van der Waals surface area contributed by atoms with Crippen LogP contribution in [0.1, 0.15) is 46.5 Å². The Morgan fingerprint density at radius 1 is 1.31 bits per heavy atom. The van der Waals surface area contributed by atoms with Crippen molar-refractivity contribution >= 4 is 18.1 Å². The number of carbonyl (C=O) groups is 3. The van der Waals surface area contributed by atoms with Crippen molar-refractivity contribution in [1.82, 2.24) is 9.80 Å². The van der Waals surface area contributed by atoms with Crippen LogP contribution in [0, 0.1) is 11.8 Å². The number of likely N-dealkylation sites (tertiary alicyclic amines) is 1. The third-order valence-corrected chi connectivity index (χ3v) is 4.71. The van der Waals surface area contributed by atoms with Crippen molar-refractivity contribution in [2.24, 2.45) is 11.8 Å². The quantitative estimate of drug-likeness (QED) is 0.699. The van der Waals surface area contributed by atoms with Gasteiger partial charge in [-0.1, -0.05) is 6.08 Å². The topological polar surface area (TPSA) is 76.2 Å². The zero-order valence-electron chi connectivity index (χ0n) is 16.0. The van der Waals surface area contributed by atoms with Crippen LogP contribution in [-0.2, 0) is 14.3 Å². The van der Waals surface area contributed by atoms with Gasteiger partial charge < -0.3 is 14.4 Å². The lowest BCUT2D eigenvalue weighted by atomic mass is 9.85. The summed E-state index contributed by atoms with van der Waals surface area (Å²) in [5.41, 5.74) is -0.500. The van der Waals surface area contributed by atoms with Crippen molar-refractivity contribution in [3.05, 3.63) is 12.7 Å². The molecule has 0 aromatic carbocycles. The summed E-state index contributed by atoms with van der Waals surface area (Å²) < 4.78 is 10.3. The second-order valence-electron chi connectivity index (χ2n) is 7.97. The average molecular weight is 366 g/mol. The van der Waals surface area contributed by atoms with Crippen LogP contribution in [-0.4, -0.2) is 59.7 Å². The van der Waals surface area contributed by atoms with Gasteiger partial charge in [0.15, 0.2) is 0 Å². The summed E-state index contributed by atoms with van der Waals surface area (Å²) in [6, 6.07) is 0. The summed E-state index contributed by atoms with van der Waals surface area (Å²) in [5.74, 6) is -0.112. The predicted octanol–water partition coefficient (Wildman–Crippen LogP) is 3.19. The van der Waals surface area contributed by atoms with Gasteiger partial charge in [0.2, 0.25) is 5.91 Å². The minimum Gasteiger partial charge on any atom is -0.447 e. The normalized spacial score (nSPS) is 19.9. The summed E-state index contributed by atoms with van der Waals surface area (Å²) in [7, 11) is 0. The Hall–Kier alpha value is -2.05. The number of nitrogens with zero attached hydrogens (tertiary/aromatic N) is 2. The molecule has 7 heteroatoms. The molecule has 26 heavy (non-hydrogen) atoms. The van der Waals surface area contributed by atoms with Gasteiger partial charge in [-0.2, -0.15) is 0 Å². The van der Waals surface area contributed by atoms with Gasteiger partial charge in [-0.15, -0.1) is 6.58 Å². The van der Waals surface area contributed by atoms with Crippen LogP contribution in [0.25, 0.3) is 0 Å². The van der Waals surface area contributed by atoms with Crippen LogP contribution in [0.2, 0.25) is 0 Å². The second-order valence-corrected chi connectivity index (χ2v) is 7.97. The van der Waals surface area contributed by atoms with E-state index in [2.05, 4.69) is 6.58 Å². The lowest BCUT2D eigenvalue weighted by molar-refractivity contribution is -0.132. The van der Waals surface area contributed by atoms with Crippen LogP contribution < -0.4 is 0 Å². The number of piperidine rings is 1. The van der Waals surface area contributed by atoms with E-state index in [1.165, 1.54) is 4.90 Å². The van der Waals surface area contributed by atoms with Gasteiger partial charge in [-0.25, -0.2) is 14.5 Å². The van der Waals surface area contributed by atoms with E-state index in [9.17, 15) is 14.4 Å². The fraction of sp³-hybridized carbons (Fsp3) is 0.737. The molecule has 2 fully saturated rings. The minimum atomic E-state index is -0.552. The van der Waals surface area contributed by atoms with Gasteiger partial charge >= 0.3 is 12.2 Å². The highest BCUT2D eigenvalue weighted by Crippen LogP contribution is 2.28. The average Bonchev–Trinajstić information content (AvgIpc) is 2.99. The zero-order valence-corrected chi connectivity index (χ0v) is 16.0. The van der Waals surface area contributed by atoms with E-state index in [0.717, 1.165) is 12.8 Å². The molecule has 0 aromatic rings. The Bertz CT molecular complexity index is 547. The summed E-state index contributed by atoms with van der Waals surface area (Å²) in [6.45, 7) is 11.1. The molecule has 2 heterocycles. The van der Waals surface area contributed by atoms with Crippen molar-refractivity contribution in [3.63, 3.8) is 0 Å². The Morgan fingerprint density at radius 2 is 1.96 bits per heavy atom. The van der Waals surface area contributed by atoms with Gasteiger partial charge in [0, 0.05) is 19.0 Å². The fourth-order valence-corrected chi connectivity index (χ4v) is 3.39. The first-order valence-electron chi connectivity index (χ1n) is 9.28. The molecule has 0 spiro atoms. The van der Waals surface area contributed by atoms with E-state index < -0.39 is 11.7 Å². The largest absolute Gasteiger partial charge is 0.447 e. The first-order chi connectivity index (χ1) is 12.2. The first-order valence-corrected chi connectivity index (χ1v) is 9.28. The van der Waals surface area contributed by atoms with E-state index in [1.54, 1.807) is 11.0 Å². The van der Waals surface area contributed by atoms with Gasteiger partial charge in [0.05, 0.1) is 6.54 Å². The molecular formula is C19H30N2O5. The number of ether oxygens (including phenoxy) is 2. The van der Waals surface area contributed by atoms with Crippen molar-refractivity contribution < 1.29 is 23.9 Å². The number of hydrogen-bond donors (Lipinski definition) is 0. The molecule has 2 rings (SSSR count). The maximum Gasteiger partial charge on any atom is 0.416 e. The zero-order chi connectivity index (χ0) is 19.3. The van der Waals surface area contributed by atoms with E-state index in [0.29, 0.717) is 38.4 Å². The second kappa shape index (κ2) is 8.56. The van der Waals surface area contributed by atoms with Crippen LogP contribution >= 0.6 is 0 Å². The van der Waals surface area contributed by atoms with Crippen molar-refractivity contribution in [2.75, 3.05) is 26.2 Å². The predicted molar refractivity (Wildman–Crippen MR) is 96.5 cm³/mol. The molecule has 0 aliphatic carbocycles. The summed E-state index contributed by atoms with van der Waals surface area (Å²) in [4.78, 5) is 39.4. The molecular weight excluding hydrogens is 336 g/mol. The van der Waals surface area contributed by atoms with E-state index in [4.69, 9.17) is 9.47 Å². The van der Waals surface area contributed by atoms with E-state index >= 15 is 0 Å². The summed E-state index contributed by atoms with van der Waals surface area (Å²) in [5, 5.41) is 0. The van der Waals surface area contributed by atoms with E-state index in [-0.39, 0.29) is 24.5 Å². The number of allylic oxidation sites excluding steroid dienone is 1. The Morgan fingerprint density at radius 3 is 2.46 bits per heavy atom. The number of amides is 3. The fourth-order valence-electron chi connectivity index (χ4n) is 3.39. The van der Waals surface area contributed by atoms with Gasteiger partial charge in [-0.05, 0) is 52.4 Å². The van der Waals surface area contributed by atoms with Crippen LogP contribution in [0.3, 0.4) is 0 Å². The number of rotatable bonds is 5. The van der Waals surface area contributed by atoms with Gasteiger partial charge in [-0.3, -0.25) is 4.79 Å². The number of hydrogen-bond acceptors (Lipinski definition) is 5. The van der Waals surface area contributed by atoms with Crippen LogP contribution in [0.5, 0.6) is 0 Å². The molecule has 0 radical (unpaired) electrons. The smallest absolute Gasteiger partial charge is 0.416 e. The number of cyclic esters (lactones) is 1. The molecule has 0 aromatic heterocycles. The van der Waals surface area contributed by atoms with Crippen molar-refractivity contribution in [1.29, 1.82) is 0 Å². The molecule has 1 atom stereocenters. The Kier molecular flexibility index (Phi) is 6.67. The molecule has 0 bridgehead atoms. The summed E-state index contributed by atoms with van der Waals surface area (Å²) in [6.07, 6.45) is 3.76. The Labute approximate surface area is 155 Å². The molecule has 3 amide bonds. The minimum absolute atomic E-state index is 0.179. The SMILES string of the molecule is C=CC[C@H](CC1CCN(C(=O)OC(C)(C)C)CC1)C(=O)N1CCOC1=O. The van der Waals surface area contributed by atoms with E-state index in [1.807, 2.05) is 20.8 Å². The highest BCUT2D eigenvalue weighted by Gasteiger charge is 2.35. The maximum atomic E-state index is 12.6. The lowest BCUT2D eigenvalue weighted by Crippen LogP contribution is -2.43. The maximum absolute atomic E-state index is 12.6. The molecule has 7 nitrogen and oxygen atoms in total. The highest BCUT2D eigenvalue weighted by molar-refractivity contribution is 5.94. The number of carbonyl (C=O) groups excluding carboxylic acids is 3. The molecule has 2 aliphatic heterocycles. The molecule has 2 saturated heterocycles. The lowest BCUT2D eigenvalue weighted by Gasteiger charge is -2.34. The standard InChI is InChI=1S/C19H30N2O5/c1-5-6-15(16(22)21-11-12-25-18(21)24)13-14-7-9-20(10-8-14)17(23)26-19(2,3)4/h5,14-15H,1,6-13H2,2-4H3/t15-/m1/s1. The highest BCUT2D eigenvalue weighted by atomic mass is 16.6. The van der Waals surface area contributed by atoms with Crippen LogP contribution in [0.15, 0.2) is 12.7 Å². The monoisotopic (exact) mass is 366 g/mol. The molecule has 146 valence electrons. The summed E-state index contributed by atoms with van der Waals surface area (Å²) >= 11 is 0. The first kappa shape index (κ1) is 20.3. The van der Waals surface area contributed by atoms with Gasteiger partial charge in [0.1, 0.15) is 12.2 Å². The third kappa shape index (κ3) is 5.47. The molecule has 0 unspecified atom stereocenters. The van der Waals surface area contributed by atoms with Crippen molar-refractivity contribution in [3.8, 4) is 0 Å².